The summed E-state index contributed by atoms with van der Waals surface area (Å²) in [6, 6.07) is 0.150. The van der Waals surface area contributed by atoms with Gasteiger partial charge in [0.2, 0.25) is 0 Å². The molecule has 0 amide bonds. The molecule has 3 heteroatoms. The first-order valence-corrected chi connectivity index (χ1v) is 5.19. The van der Waals surface area contributed by atoms with Crippen molar-refractivity contribution >= 4 is 0 Å². The van der Waals surface area contributed by atoms with E-state index in [2.05, 4.69) is 4.90 Å². The van der Waals surface area contributed by atoms with Gasteiger partial charge in [0.05, 0.1) is 0 Å². The van der Waals surface area contributed by atoms with Gasteiger partial charge in [-0.2, -0.15) is 0 Å². The molecule has 0 radical (unpaired) electrons. The molecule has 1 aliphatic heterocycles. The monoisotopic (exact) mass is 189 g/mol. The summed E-state index contributed by atoms with van der Waals surface area (Å²) >= 11 is 0. The highest BCUT2D eigenvalue weighted by Gasteiger charge is 2.49. The summed E-state index contributed by atoms with van der Waals surface area (Å²) < 4.78 is 27.0. The highest BCUT2D eigenvalue weighted by molar-refractivity contribution is 4.94. The molecule has 1 saturated heterocycles. The van der Waals surface area contributed by atoms with Crippen molar-refractivity contribution in [2.24, 2.45) is 5.92 Å². The molecule has 0 aromatic rings. The van der Waals surface area contributed by atoms with Gasteiger partial charge in [-0.3, -0.25) is 0 Å². The molecule has 0 aromatic heterocycles. The lowest BCUT2D eigenvalue weighted by molar-refractivity contribution is -0.138. The summed E-state index contributed by atoms with van der Waals surface area (Å²) in [4.78, 5) is 2.13. The van der Waals surface area contributed by atoms with Crippen molar-refractivity contribution < 1.29 is 8.78 Å². The van der Waals surface area contributed by atoms with Gasteiger partial charge in [0.25, 0.3) is 5.92 Å². The summed E-state index contributed by atoms with van der Waals surface area (Å²) in [5.74, 6) is -2.75. The molecular weight excluding hydrogens is 172 g/mol. The number of fused-ring (bicyclic) bond motifs is 1. The lowest BCUT2D eigenvalue weighted by Crippen LogP contribution is -2.53. The molecule has 2 unspecified atom stereocenters. The molecule has 0 bridgehead atoms. The second-order valence-corrected chi connectivity index (χ2v) is 4.45. The van der Waals surface area contributed by atoms with E-state index < -0.39 is 5.92 Å². The quantitative estimate of drug-likeness (QED) is 0.566. The van der Waals surface area contributed by atoms with Crippen molar-refractivity contribution in [3.8, 4) is 0 Å². The van der Waals surface area contributed by atoms with Crippen LogP contribution in [0.1, 0.15) is 32.1 Å². The average Bonchev–Trinajstić information content (AvgIpc) is 2.13. The standard InChI is InChI=1S/C10H17F2N/c1-13-7-6-10(11,12)8-4-2-3-5-9(8)13/h8-9H,2-7H2,1H3. The summed E-state index contributed by atoms with van der Waals surface area (Å²) in [5, 5.41) is 0. The summed E-state index contributed by atoms with van der Waals surface area (Å²) in [6.45, 7) is 0.564. The van der Waals surface area contributed by atoms with E-state index in [0.29, 0.717) is 6.54 Å². The number of piperidine rings is 1. The van der Waals surface area contributed by atoms with Gasteiger partial charge in [-0.05, 0) is 19.9 Å². The van der Waals surface area contributed by atoms with Gasteiger partial charge in [-0.15, -0.1) is 0 Å². The molecule has 0 spiro atoms. The highest BCUT2D eigenvalue weighted by atomic mass is 19.3. The molecule has 2 atom stereocenters. The Morgan fingerprint density at radius 3 is 2.62 bits per heavy atom. The molecule has 2 fully saturated rings. The summed E-state index contributed by atoms with van der Waals surface area (Å²) in [5.41, 5.74) is 0. The largest absolute Gasteiger partial charge is 0.303 e. The minimum atomic E-state index is -2.39. The Kier molecular flexibility index (Phi) is 2.30. The molecular formula is C10H17F2N. The molecule has 2 rings (SSSR count). The van der Waals surface area contributed by atoms with Gasteiger partial charge in [-0.25, -0.2) is 8.78 Å². The first kappa shape index (κ1) is 9.38. The Hall–Kier alpha value is -0.180. The first-order chi connectivity index (χ1) is 6.11. The Morgan fingerprint density at radius 2 is 1.92 bits per heavy atom. The highest BCUT2D eigenvalue weighted by Crippen LogP contribution is 2.43. The number of likely N-dealkylation sites (tertiary alicyclic amines) is 1. The third kappa shape index (κ3) is 1.58. The van der Waals surface area contributed by atoms with Crippen molar-refractivity contribution in [3.05, 3.63) is 0 Å². The van der Waals surface area contributed by atoms with Crippen LogP contribution in [0.15, 0.2) is 0 Å². The van der Waals surface area contributed by atoms with Crippen LogP contribution in [0, 0.1) is 5.92 Å². The van der Waals surface area contributed by atoms with Crippen molar-refractivity contribution in [2.45, 2.75) is 44.1 Å². The molecule has 76 valence electrons. The van der Waals surface area contributed by atoms with Crippen LogP contribution in [0.25, 0.3) is 0 Å². The van der Waals surface area contributed by atoms with E-state index in [1.54, 1.807) is 0 Å². The van der Waals surface area contributed by atoms with E-state index in [-0.39, 0.29) is 18.4 Å². The molecule has 1 heterocycles. The normalized spacial score (nSPS) is 39.9. The van der Waals surface area contributed by atoms with Crippen LogP contribution < -0.4 is 0 Å². The molecule has 1 aliphatic carbocycles. The number of alkyl halides is 2. The fraction of sp³-hybridized carbons (Fsp3) is 1.00. The van der Waals surface area contributed by atoms with Crippen LogP contribution in [-0.4, -0.2) is 30.5 Å². The van der Waals surface area contributed by atoms with Crippen LogP contribution in [0.3, 0.4) is 0 Å². The van der Waals surface area contributed by atoms with Gasteiger partial charge in [-0.1, -0.05) is 12.8 Å². The molecule has 1 nitrogen and oxygen atoms in total. The van der Waals surface area contributed by atoms with Crippen LogP contribution in [0.5, 0.6) is 0 Å². The van der Waals surface area contributed by atoms with Crippen molar-refractivity contribution in [3.63, 3.8) is 0 Å². The van der Waals surface area contributed by atoms with Crippen molar-refractivity contribution in [1.82, 2.24) is 4.90 Å². The number of halogens is 2. The third-order valence-corrected chi connectivity index (χ3v) is 3.64. The van der Waals surface area contributed by atoms with E-state index in [1.807, 2.05) is 7.05 Å². The maximum Gasteiger partial charge on any atom is 0.253 e. The number of hydrogen-bond donors (Lipinski definition) is 0. The van der Waals surface area contributed by atoms with Crippen LogP contribution in [0.2, 0.25) is 0 Å². The van der Waals surface area contributed by atoms with Crippen LogP contribution >= 0.6 is 0 Å². The SMILES string of the molecule is CN1CCC(F)(F)C2CCCCC21. The molecule has 1 saturated carbocycles. The number of hydrogen-bond acceptors (Lipinski definition) is 1. The molecule has 0 N–H and O–H groups in total. The van der Waals surface area contributed by atoms with Crippen LogP contribution in [-0.2, 0) is 0 Å². The molecule has 0 aromatic carbocycles. The topological polar surface area (TPSA) is 3.24 Å². The average molecular weight is 189 g/mol. The van der Waals surface area contributed by atoms with Crippen LogP contribution in [0.4, 0.5) is 8.78 Å². The number of nitrogens with zero attached hydrogens (tertiary/aromatic N) is 1. The first-order valence-electron chi connectivity index (χ1n) is 5.19. The molecule has 2 aliphatic rings. The Bertz CT molecular complexity index is 193. The Balaban J connectivity index is 2.14. The minimum absolute atomic E-state index is 0.0602. The van der Waals surface area contributed by atoms with Crippen molar-refractivity contribution in [2.75, 3.05) is 13.6 Å². The fourth-order valence-corrected chi connectivity index (χ4v) is 2.81. The van der Waals surface area contributed by atoms with E-state index >= 15 is 0 Å². The zero-order valence-electron chi connectivity index (χ0n) is 8.10. The second-order valence-electron chi connectivity index (χ2n) is 4.45. The lowest BCUT2D eigenvalue weighted by Gasteiger charge is -2.46. The predicted molar refractivity (Wildman–Crippen MR) is 47.9 cm³/mol. The Labute approximate surface area is 78.1 Å². The summed E-state index contributed by atoms with van der Waals surface area (Å²) in [6.07, 6.45) is 3.87. The van der Waals surface area contributed by atoms with E-state index in [1.165, 1.54) is 0 Å². The van der Waals surface area contributed by atoms with E-state index in [0.717, 1.165) is 25.7 Å². The number of rotatable bonds is 0. The smallest absolute Gasteiger partial charge is 0.253 e. The van der Waals surface area contributed by atoms with Gasteiger partial charge in [0.1, 0.15) is 0 Å². The maximum atomic E-state index is 13.5. The third-order valence-electron chi connectivity index (χ3n) is 3.64. The lowest BCUT2D eigenvalue weighted by atomic mass is 9.76. The van der Waals surface area contributed by atoms with Gasteiger partial charge in [0, 0.05) is 24.9 Å². The minimum Gasteiger partial charge on any atom is -0.303 e. The van der Waals surface area contributed by atoms with E-state index in [4.69, 9.17) is 0 Å². The van der Waals surface area contributed by atoms with Crippen molar-refractivity contribution in [1.29, 1.82) is 0 Å². The fourth-order valence-electron chi connectivity index (χ4n) is 2.81. The molecule has 13 heavy (non-hydrogen) atoms. The zero-order valence-corrected chi connectivity index (χ0v) is 8.10. The summed E-state index contributed by atoms with van der Waals surface area (Å²) in [7, 11) is 1.98. The van der Waals surface area contributed by atoms with E-state index in [9.17, 15) is 8.78 Å². The predicted octanol–water partition coefficient (Wildman–Crippen LogP) is 2.52. The Morgan fingerprint density at radius 1 is 1.23 bits per heavy atom. The second kappa shape index (κ2) is 3.19. The van der Waals surface area contributed by atoms with Gasteiger partial charge >= 0.3 is 0 Å². The van der Waals surface area contributed by atoms with Gasteiger partial charge in [0.15, 0.2) is 0 Å². The van der Waals surface area contributed by atoms with Gasteiger partial charge < -0.3 is 4.90 Å². The maximum absolute atomic E-state index is 13.5. The zero-order chi connectivity index (χ0) is 9.47.